The Bertz CT molecular complexity index is 1370. The monoisotopic (exact) mass is 511 g/mol. The smallest absolute Gasteiger partial charge is 0.253 e. The number of anilines is 1. The number of nitrogens with one attached hydrogen (secondary N) is 1. The lowest BCUT2D eigenvalue weighted by atomic mass is 10.0. The summed E-state index contributed by atoms with van der Waals surface area (Å²) in [6, 6.07) is 16.4. The number of aromatic nitrogens is 3. The van der Waals surface area contributed by atoms with Crippen molar-refractivity contribution in [2.45, 2.75) is 6.42 Å². The highest BCUT2D eigenvalue weighted by Gasteiger charge is 2.16. The van der Waals surface area contributed by atoms with Crippen LogP contribution in [0, 0.1) is 0 Å². The summed E-state index contributed by atoms with van der Waals surface area (Å²) >= 11 is 0. The number of fused-ring (bicyclic) bond motifs is 1. The zero-order chi connectivity index (χ0) is 26.6. The van der Waals surface area contributed by atoms with Crippen LogP contribution in [0.3, 0.4) is 0 Å². The van der Waals surface area contributed by atoms with Crippen molar-refractivity contribution < 1.29 is 4.79 Å². The molecule has 8 heteroatoms. The summed E-state index contributed by atoms with van der Waals surface area (Å²) in [6.07, 6.45) is 4.71. The highest BCUT2D eigenvalue weighted by molar-refractivity contribution is 5.96. The second-order valence-electron chi connectivity index (χ2n) is 10.5. The topological polar surface area (TPSA) is 71.6 Å². The van der Waals surface area contributed by atoms with E-state index in [4.69, 9.17) is 4.98 Å². The number of hydrogen-bond donors (Lipinski definition) is 1. The zero-order valence-electron chi connectivity index (χ0n) is 22.8. The Morgan fingerprint density at radius 1 is 0.921 bits per heavy atom. The molecule has 5 rings (SSSR count). The fraction of sp³-hybridized carbons (Fsp3) is 0.367. The molecular formula is C30H37N7O. The van der Waals surface area contributed by atoms with Crippen molar-refractivity contribution in [1.82, 2.24) is 29.7 Å². The summed E-state index contributed by atoms with van der Waals surface area (Å²) in [5.74, 6) is 0.0383. The quantitative estimate of drug-likeness (QED) is 0.385. The van der Waals surface area contributed by atoms with Crippen molar-refractivity contribution >= 4 is 22.8 Å². The molecule has 0 unspecified atom stereocenters. The van der Waals surface area contributed by atoms with E-state index in [1.807, 2.05) is 57.8 Å². The number of hydrogen-bond acceptors (Lipinski definition) is 6. The molecule has 1 fully saturated rings. The molecule has 1 amide bonds. The Labute approximate surface area is 224 Å². The number of likely N-dealkylation sites (N-methyl/N-ethyl adjacent to an activating group) is 1. The number of carbonyl (C=O) groups excluding carboxylic acids is 1. The molecule has 0 atom stereocenters. The van der Waals surface area contributed by atoms with E-state index >= 15 is 0 Å². The van der Waals surface area contributed by atoms with Crippen LogP contribution in [-0.4, -0.2) is 103 Å². The van der Waals surface area contributed by atoms with Gasteiger partial charge in [-0.25, -0.2) is 9.97 Å². The minimum atomic E-state index is 0.0383. The highest BCUT2D eigenvalue weighted by atomic mass is 16.2. The van der Waals surface area contributed by atoms with Crippen LogP contribution in [0.25, 0.3) is 33.5 Å². The number of piperazine rings is 1. The summed E-state index contributed by atoms with van der Waals surface area (Å²) in [7, 11) is 8.12. The molecule has 0 aliphatic carbocycles. The fourth-order valence-electron chi connectivity index (χ4n) is 4.90. The first-order valence-electron chi connectivity index (χ1n) is 13.3. The first-order chi connectivity index (χ1) is 18.4. The maximum Gasteiger partial charge on any atom is 0.253 e. The average Bonchev–Trinajstić information content (AvgIpc) is 3.36. The van der Waals surface area contributed by atoms with E-state index in [0.29, 0.717) is 5.56 Å². The third-order valence-electron chi connectivity index (χ3n) is 7.30. The van der Waals surface area contributed by atoms with Gasteiger partial charge in [-0.15, -0.1) is 0 Å². The van der Waals surface area contributed by atoms with Crippen LogP contribution in [0.4, 0.5) is 5.69 Å². The van der Waals surface area contributed by atoms with Gasteiger partial charge in [-0.3, -0.25) is 4.79 Å². The maximum absolute atomic E-state index is 12.9. The summed E-state index contributed by atoms with van der Waals surface area (Å²) in [5, 5.41) is 0. The molecular weight excluding hydrogens is 474 g/mol. The molecule has 1 aliphatic rings. The summed E-state index contributed by atoms with van der Waals surface area (Å²) < 4.78 is 0. The van der Waals surface area contributed by atoms with Gasteiger partial charge in [-0.1, -0.05) is 24.3 Å². The molecule has 0 radical (unpaired) electrons. The third-order valence-corrected chi connectivity index (χ3v) is 7.30. The van der Waals surface area contributed by atoms with Crippen LogP contribution >= 0.6 is 0 Å². The van der Waals surface area contributed by atoms with E-state index in [0.717, 1.165) is 79.2 Å². The van der Waals surface area contributed by atoms with Crippen molar-refractivity contribution in [3.05, 3.63) is 66.5 Å². The summed E-state index contributed by atoms with van der Waals surface area (Å²) in [6.45, 7) is 5.96. The maximum atomic E-state index is 12.9. The number of H-pyrrole nitrogens is 1. The zero-order valence-corrected chi connectivity index (χ0v) is 22.8. The lowest BCUT2D eigenvalue weighted by Gasteiger charge is -2.34. The lowest BCUT2D eigenvalue weighted by molar-refractivity contribution is 0.0790. The number of rotatable bonds is 8. The molecule has 4 aromatic rings. The first kappa shape index (κ1) is 25.9. The van der Waals surface area contributed by atoms with E-state index < -0.39 is 0 Å². The standard InChI is InChI=1S/C30H37N7O/c1-34(2)14-5-15-36(4)30(38)24-8-6-22(7-9-24)26-20-31-29-28(26)33-27(21-32-29)23-10-12-25(13-11-23)37-18-16-35(3)17-19-37/h6-13,20-21H,5,14-19H2,1-4H3,(H,31,32). The largest absolute Gasteiger partial charge is 0.369 e. The Morgan fingerprint density at radius 2 is 1.61 bits per heavy atom. The van der Waals surface area contributed by atoms with Crippen LogP contribution in [-0.2, 0) is 0 Å². The van der Waals surface area contributed by atoms with Crippen LogP contribution in [0.15, 0.2) is 60.9 Å². The molecule has 1 saturated heterocycles. The number of carbonyl (C=O) groups is 1. The van der Waals surface area contributed by atoms with Crippen molar-refractivity contribution in [3.63, 3.8) is 0 Å². The fourth-order valence-corrected chi connectivity index (χ4v) is 4.90. The van der Waals surface area contributed by atoms with Crippen molar-refractivity contribution in [3.8, 4) is 22.4 Å². The number of aromatic amines is 1. The average molecular weight is 512 g/mol. The Morgan fingerprint density at radius 3 is 2.29 bits per heavy atom. The minimum absolute atomic E-state index is 0.0383. The van der Waals surface area contributed by atoms with E-state index in [1.54, 1.807) is 4.90 Å². The Hall–Kier alpha value is -3.75. The second-order valence-corrected chi connectivity index (χ2v) is 10.5. The van der Waals surface area contributed by atoms with Gasteiger partial charge in [0, 0.05) is 68.3 Å². The van der Waals surface area contributed by atoms with Crippen LogP contribution in [0.2, 0.25) is 0 Å². The van der Waals surface area contributed by atoms with Crippen LogP contribution in [0.1, 0.15) is 16.8 Å². The van der Waals surface area contributed by atoms with Gasteiger partial charge in [-0.2, -0.15) is 0 Å². The van der Waals surface area contributed by atoms with Crippen molar-refractivity contribution in [2.75, 3.05) is 72.4 Å². The Kier molecular flexibility index (Phi) is 7.72. The predicted molar refractivity (Wildman–Crippen MR) is 155 cm³/mol. The molecule has 0 spiro atoms. The first-order valence-corrected chi connectivity index (χ1v) is 13.3. The van der Waals surface area contributed by atoms with E-state index in [9.17, 15) is 4.79 Å². The predicted octanol–water partition coefficient (Wildman–Crippen LogP) is 4.07. The van der Waals surface area contributed by atoms with Gasteiger partial charge >= 0.3 is 0 Å². The molecule has 8 nitrogen and oxygen atoms in total. The molecule has 0 bridgehead atoms. The van der Waals surface area contributed by atoms with Crippen molar-refractivity contribution in [1.29, 1.82) is 0 Å². The van der Waals surface area contributed by atoms with Gasteiger partial charge < -0.3 is 24.6 Å². The van der Waals surface area contributed by atoms with E-state index in [2.05, 4.69) is 56.0 Å². The third kappa shape index (κ3) is 5.71. The van der Waals surface area contributed by atoms with E-state index in [-0.39, 0.29) is 5.91 Å². The van der Waals surface area contributed by atoms with Gasteiger partial charge in [0.1, 0.15) is 5.52 Å². The molecule has 198 valence electrons. The van der Waals surface area contributed by atoms with Crippen LogP contribution in [0.5, 0.6) is 0 Å². The normalized spacial score (nSPS) is 14.4. The summed E-state index contributed by atoms with van der Waals surface area (Å²) in [4.78, 5) is 34.4. The van der Waals surface area contributed by atoms with Crippen LogP contribution < -0.4 is 4.90 Å². The van der Waals surface area contributed by atoms with Crippen molar-refractivity contribution in [2.24, 2.45) is 0 Å². The highest BCUT2D eigenvalue weighted by Crippen LogP contribution is 2.29. The summed E-state index contributed by atoms with van der Waals surface area (Å²) in [5.41, 5.74) is 7.37. The van der Waals surface area contributed by atoms with Gasteiger partial charge in [0.2, 0.25) is 0 Å². The molecule has 3 heterocycles. The second kappa shape index (κ2) is 11.3. The molecule has 1 aliphatic heterocycles. The van der Waals surface area contributed by atoms with Gasteiger partial charge in [0.05, 0.1) is 11.9 Å². The number of benzene rings is 2. The number of nitrogens with zero attached hydrogens (tertiary/aromatic N) is 6. The van der Waals surface area contributed by atoms with E-state index in [1.165, 1.54) is 5.69 Å². The molecule has 2 aromatic heterocycles. The molecule has 1 N–H and O–H groups in total. The van der Waals surface area contributed by atoms with Gasteiger partial charge in [0.25, 0.3) is 5.91 Å². The number of amides is 1. The Balaban J connectivity index is 1.32. The molecule has 2 aromatic carbocycles. The van der Waals surface area contributed by atoms with Gasteiger partial charge in [-0.05, 0) is 63.9 Å². The minimum Gasteiger partial charge on any atom is -0.369 e. The molecule has 38 heavy (non-hydrogen) atoms. The molecule has 0 saturated carbocycles. The lowest BCUT2D eigenvalue weighted by Crippen LogP contribution is -2.44. The SMILES string of the molecule is CN(C)CCCN(C)C(=O)c1ccc(-c2c[nH]c3ncc(-c4ccc(N5CCN(C)CC5)cc4)nc23)cc1. The van der Waals surface area contributed by atoms with Gasteiger partial charge in [0.15, 0.2) is 5.65 Å².